The molecule has 19 heavy (non-hydrogen) atoms. The van der Waals surface area contributed by atoms with Gasteiger partial charge in [-0.15, -0.1) is 0 Å². The number of carboxylic acid groups (broad SMARTS) is 1. The topological polar surface area (TPSA) is 69.2 Å². The summed E-state index contributed by atoms with van der Waals surface area (Å²) in [5.74, 6) is -3.35. The summed E-state index contributed by atoms with van der Waals surface area (Å²) < 4.78 is 13.0. The molecule has 0 saturated heterocycles. The van der Waals surface area contributed by atoms with Gasteiger partial charge in [-0.2, -0.15) is 0 Å². The number of rotatable bonds is 3. The predicted molar refractivity (Wildman–Crippen MR) is 65.5 cm³/mol. The molecular weight excluding hydrogens is 249 g/mol. The summed E-state index contributed by atoms with van der Waals surface area (Å²) in [5, 5.41) is 13.6. The number of benzene rings is 1. The Balaban J connectivity index is 2.07. The lowest BCUT2D eigenvalue weighted by molar-refractivity contribution is -0.313. The second-order valence-electron chi connectivity index (χ2n) is 4.82. The minimum Gasteiger partial charge on any atom is -0.550 e. The first kappa shape index (κ1) is 13.5. The Bertz CT molecular complexity index is 489. The smallest absolute Gasteiger partial charge is 0.228 e. The van der Waals surface area contributed by atoms with Crippen LogP contribution in [0.5, 0.6) is 0 Å². The molecule has 5 heteroatoms. The number of anilines is 1. The van der Waals surface area contributed by atoms with Gasteiger partial charge >= 0.3 is 0 Å². The molecule has 0 aromatic heterocycles. The molecule has 0 aliphatic heterocycles. The van der Waals surface area contributed by atoms with E-state index in [4.69, 9.17) is 0 Å². The van der Waals surface area contributed by atoms with Crippen molar-refractivity contribution in [3.63, 3.8) is 0 Å². The third-order valence-corrected chi connectivity index (χ3v) is 3.50. The molecule has 0 bridgehead atoms. The third kappa shape index (κ3) is 3.30. The summed E-state index contributed by atoms with van der Waals surface area (Å²) in [5.41, 5.74) is 0.340. The van der Waals surface area contributed by atoms with Gasteiger partial charge in [0.25, 0.3) is 0 Å². The van der Waals surface area contributed by atoms with Gasteiger partial charge in [-0.05, 0) is 31.0 Å². The molecule has 0 spiro atoms. The number of amides is 1. The van der Waals surface area contributed by atoms with Crippen molar-refractivity contribution in [1.29, 1.82) is 0 Å². The van der Waals surface area contributed by atoms with Crippen LogP contribution in [0.3, 0.4) is 0 Å². The minimum absolute atomic E-state index is 0.340. The van der Waals surface area contributed by atoms with E-state index >= 15 is 0 Å². The number of hydrogen-bond acceptors (Lipinski definition) is 3. The lowest BCUT2D eigenvalue weighted by atomic mass is 9.78. The van der Waals surface area contributed by atoms with Gasteiger partial charge in [0.2, 0.25) is 5.91 Å². The molecule has 0 heterocycles. The van der Waals surface area contributed by atoms with E-state index in [1.807, 2.05) is 0 Å². The second kappa shape index (κ2) is 5.82. The van der Waals surface area contributed by atoms with Crippen molar-refractivity contribution in [2.24, 2.45) is 11.8 Å². The van der Waals surface area contributed by atoms with E-state index in [1.165, 1.54) is 18.2 Å². The molecule has 1 aliphatic carbocycles. The standard InChI is InChI=1S/C14H16FNO3/c15-9-4-3-5-10(8-9)16-13(17)11-6-1-2-7-12(11)14(18)19/h3-5,8,11-12H,1-2,6-7H2,(H,16,17)(H,18,19)/p-1/t11-,12+/m1/s1. The number of carboxylic acids is 1. The van der Waals surface area contributed by atoms with Crippen LogP contribution in [0.1, 0.15) is 25.7 Å². The quantitative estimate of drug-likeness (QED) is 0.895. The number of aliphatic carboxylic acids is 1. The normalized spacial score (nSPS) is 22.8. The monoisotopic (exact) mass is 264 g/mol. The second-order valence-corrected chi connectivity index (χ2v) is 4.82. The Morgan fingerprint density at radius 3 is 2.53 bits per heavy atom. The van der Waals surface area contributed by atoms with Gasteiger partial charge in [0.15, 0.2) is 0 Å². The van der Waals surface area contributed by atoms with Crippen molar-refractivity contribution in [3.05, 3.63) is 30.1 Å². The van der Waals surface area contributed by atoms with Gasteiger partial charge in [0.1, 0.15) is 5.82 Å². The van der Waals surface area contributed by atoms with Crippen LogP contribution < -0.4 is 10.4 Å². The lowest BCUT2D eigenvalue weighted by Crippen LogP contribution is -2.42. The van der Waals surface area contributed by atoms with E-state index in [0.717, 1.165) is 12.8 Å². The number of hydrogen-bond donors (Lipinski definition) is 1. The average Bonchev–Trinajstić information content (AvgIpc) is 2.38. The van der Waals surface area contributed by atoms with Crippen molar-refractivity contribution >= 4 is 17.6 Å². The number of carbonyl (C=O) groups excluding carboxylic acids is 2. The zero-order valence-corrected chi connectivity index (χ0v) is 10.4. The Labute approximate surface area is 110 Å². The Morgan fingerprint density at radius 1 is 1.21 bits per heavy atom. The minimum atomic E-state index is -1.18. The van der Waals surface area contributed by atoms with E-state index in [-0.39, 0.29) is 5.91 Å². The first-order valence-electron chi connectivity index (χ1n) is 6.35. The molecule has 1 aromatic carbocycles. The fourth-order valence-electron chi connectivity index (χ4n) is 2.53. The summed E-state index contributed by atoms with van der Waals surface area (Å²) in [6, 6.07) is 5.54. The molecule has 0 unspecified atom stereocenters. The fourth-order valence-corrected chi connectivity index (χ4v) is 2.53. The van der Waals surface area contributed by atoms with Crippen LogP contribution in [-0.2, 0) is 9.59 Å². The highest BCUT2D eigenvalue weighted by molar-refractivity contribution is 5.94. The highest BCUT2D eigenvalue weighted by Crippen LogP contribution is 2.30. The van der Waals surface area contributed by atoms with Crippen molar-refractivity contribution < 1.29 is 19.1 Å². The zero-order valence-electron chi connectivity index (χ0n) is 10.4. The van der Waals surface area contributed by atoms with Crippen LogP contribution in [0.2, 0.25) is 0 Å². The molecule has 1 aliphatic rings. The average molecular weight is 264 g/mol. The van der Waals surface area contributed by atoms with Crippen LogP contribution in [-0.4, -0.2) is 11.9 Å². The SMILES string of the molecule is O=C([O-])[C@H]1CCCC[C@H]1C(=O)Nc1cccc(F)c1. The van der Waals surface area contributed by atoms with Crippen LogP contribution in [0.4, 0.5) is 10.1 Å². The number of carbonyl (C=O) groups is 2. The van der Waals surface area contributed by atoms with E-state index in [1.54, 1.807) is 6.07 Å². The Kier molecular flexibility index (Phi) is 4.14. The van der Waals surface area contributed by atoms with Crippen LogP contribution in [0.25, 0.3) is 0 Å². The Morgan fingerprint density at radius 2 is 1.89 bits per heavy atom. The Hall–Kier alpha value is -1.91. The summed E-state index contributed by atoms with van der Waals surface area (Å²) in [4.78, 5) is 23.1. The molecular formula is C14H15FNO3-. The molecule has 1 aromatic rings. The van der Waals surface area contributed by atoms with Gasteiger partial charge in [-0.1, -0.05) is 18.9 Å². The maximum Gasteiger partial charge on any atom is 0.228 e. The van der Waals surface area contributed by atoms with Gasteiger partial charge in [-0.25, -0.2) is 4.39 Å². The summed E-state index contributed by atoms with van der Waals surface area (Å²) >= 11 is 0. The summed E-state index contributed by atoms with van der Waals surface area (Å²) in [6.07, 6.45) is 2.61. The lowest BCUT2D eigenvalue weighted by Gasteiger charge is -2.31. The highest BCUT2D eigenvalue weighted by Gasteiger charge is 2.31. The number of halogens is 1. The maximum atomic E-state index is 13.0. The molecule has 1 N–H and O–H groups in total. The maximum absolute atomic E-state index is 13.0. The van der Waals surface area contributed by atoms with Gasteiger partial charge < -0.3 is 15.2 Å². The molecule has 2 rings (SSSR count). The van der Waals surface area contributed by atoms with E-state index in [9.17, 15) is 19.1 Å². The summed E-state index contributed by atoms with van der Waals surface area (Å²) in [7, 11) is 0. The van der Waals surface area contributed by atoms with Crippen molar-refractivity contribution in [1.82, 2.24) is 0 Å². The van der Waals surface area contributed by atoms with E-state index in [2.05, 4.69) is 5.32 Å². The molecule has 2 atom stereocenters. The highest BCUT2D eigenvalue weighted by atomic mass is 19.1. The first-order chi connectivity index (χ1) is 9.08. The largest absolute Gasteiger partial charge is 0.550 e. The zero-order chi connectivity index (χ0) is 13.8. The summed E-state index contributed by atoms with van der Waals surface area (Å²) in [6.45, 7) is 0. The molecule has 1 saturated carbocycles. The molecule has 0 radical (unpaired) electrons. The third-order valence-electron chi connectivity index (χ3n) is 3.50. The fraction of sp³-hybridized carbons (Fsp3) is 0.429. The predicted octanol–water partition coefficient (Wildman–Crippen LogP) is 1.32. The molecule has 4 nitrogen and oxygen atoms in total. The van der Waals surface area contributed by atoms with Crippen LogP contribution in [0.15, 0.2) is 24.3 Å². The van der Waals surface area contributed by atoms with Gasteiger partial charge in [-0.3, -0.25) is 4.79 Å². The van der Waals surface area contributed by atoms with E-state index in [0.29, 0.717) is 18.5 Å². The van der Waals surface area contributed by atoms with Crippen molar-refractivity contribution in [3.8, 4) is 0 Å². The number of nitrogens with one attached hydrogen (secondary N) is 1. The molecule has 102 valence electrons. The molecule has 1 fully saturated rings. The van der Waals surface area contributed by atoms with Gasteiger partial charge in [0, 0.05) is 23.5 Å². The van der Waals surface area contributed by atoms with Crippen LogP contribution >= 0.6 is 0 Å². The van der Waals surface area contributed by atoms with E-state index < -0.39 is 23.6 Å². The van der Waals surface area contributed by atoms with Crippen molar-refractivity contribution in [2.75, 3.05) is 5.32 Å². The molecule has 1 amide bonds. The van der Waals surface area contributed by atoms with Crippen molar-refractivity contribution in [2.45, 2.75) is 25.7 Å². The van der Waals surface area contributed by atoms with Gasteiger partial charge in [0.05, 0.1) is 0 Å². The first-order valence-corrected chi connectivity index (χ1v) is 6.35. The van der Waals surface area contributed by atoms with Crippen LogP contribution in [0, 0.1) is 17.7 Å².